The van der Waals surface area contributed by atoms with Gasteiger partial charge in [0.1, 0.15) is 6.61 Å². The molecule has 1 atom stereocenters. The lowest BCUT2D eigenvalue weighted by Crippen LogP contribution is -2.30. The Kier molecular flexibility index (Phi) is 48.0. The average molecular weight is 835 g/mol. The minimum atomic E-state index is -0.567. The maximum absolute atomic E-state index is 12.7. The molecule has 60 heavy (non-hydrogen) atoms. The fraction of sp³-hybridized carbons (Fsp3) is 0.709. The maximum atomic E-state index is 12.7. The van der Waals surface area contributed by atoms with Gasteiger partial charge in [0.2, 0.25) is 0 Å². The summed E-state index contributed by atoms with van der Waals surface area (Å²) in [6, 6.07) is 0. The third kappa shape index (κ3) is 47.8. The Balaban J connectivity index is 4.24. The van der Waals surface area contributed by atoms with Gasteiger partial charge in [-0.15, -0.1) is 0 Å². The lowest BCUT2D eigenvalue weighted by molar-refractivity contribution is -0.162. The first-order valence-electron chi connectivity index (χ1n) is 25.1. The van der Waals surface area contributed by atoms with E-state index in [-0.39, 0.29) is 25.2 Å². The van der Waals surface area contributed by atoms with E-state index in [0.717, 1.165) is 70.6 Å². The van der Waals surface area contributed by atoms with Gasteiger partial charge in [-0.05, 0) is 83.5 Å². The van der Waals surface area contributed by atoms with Crippen LogP contribution in [-0.2, 0) is 23.8 Å². The first-order valence-corrected chi connectivity index (χ1v) is 25.1. The third-order valence-electron chi connectivity index (χ3n) is 10.4. The number of hydrogen-bond acceptors (Lipinski definition) is 5. The summed E-state index contributed by atoms with van der Waals surface area (Å²) in [4.78, 5) is 25.2. The van der Waals surface area contributed by atoms with Crippen molar-refractivity contribution >= 4 is 11.9 Å². The van der Waals surface area contributed by atoms with Crippen LogP contribution in [0.2, 0.25) is 0 Å². The predicted molar refractivity (Wildman–Crippen MR) is 260 cm³/mol. The number of allylic oxidation sites excluding steroid dienone is 14. The lowest BCUT2D eigenvalue weighted by atomic mass is 10.1. The Bertz CT molecular complexity index is 1130. The molecule has 0 aromatic heterocycles. The molecular formula is C55H94O5. The second-order valence-electron chi connectivity index (χ2n) is 16.3. The molecule has 0 spiro atoms. The number of unbranched alkanes of at least 4 members (excludes halogenated alkanes) is 20. The molecule has 0 aliphatic rings. The van der Waals surface area contributed by atoms with Gasteiger partial charge in [0, 0.05) is 19.4 Å². The van der Waals surface area contributed by atoms with Crippen molar-refractivity contribution in [3.05, 3.63) is 85.1 Å². The molecular weight excluding hydrogens is 741 g/mol. The van der Waals surface area contributed by atoms with Gasteiger partial charge >= 0.3 is 11.9 Å². The molecule has 0 radical (unpaired) electrons. The Morgan fingerprint density at radius 2 is 0.783 bits per heavy atom. The molecule has 0 saturated heterocycles. The SMILES string of the molecule is CC/C=C\C/C=C\C/C=C\C/C=C\C/C=C\C/C=C\CCC(=O)OCC(COCCCCCCCCCC/C=C\CCCCCCCC)OC(=O)CCCCCCCCC. The highest BCUT2D eigenvalue weighted by Gasteiger charge is 2.17. The van der Waals surface area contributed by atoms with Gasteiger partial charge in [0.15, 0.2) is 6.10 Å². The first kappa shape index (κ1) is 57.1. The molecule has 0 bridgehead atoms. The zero-order valence-corrected chi connectivity index (χ0v) is 39.5. The van der Waals surface area contributed by atoms with Crippen LogP contribution in [0.1, 0.15) is 226 Å². The summed E-state index contributed by atoms with van der Waals surface area (Å²) >= 11 is 0. The van der Waals surface area contributed by atoms with Crippen LogP contribution in [0.5, 0.6) is 0 Å². The fourth-order valence-corrected chi connectivity index (χ4v) is 6.71. The van der Waals surface area contributed by atoms with E-state index in [4.69, 9.17) is 14.2 Å². The summed E-state index contributed by atoms with van der Waals surface area (Å²) in [5, 5.41) is 0. The highest BCUT2D eigenvalue weighted by molar-refractivity contribution is 5.70. The summed E-state index contributed by atoms with van der Waals surface area (Å²) in [6.07, 6.45) is 66.2. The van der Waals surface area contributed by atoms with Crippen LogP contribution in [0, 0.1) is 0 Å². The molecule has 0 aromatic carbocycles. The van der Waals surface area contributed by atoms with E-state index in [9.17, 15) is 9.59 Å². The van der Waals surface area contributed by atoms with Gasteiger partial charge in [0.05, 0.1) is 6.61 Å². The molecule has 0 saturated carbocycles. The van der Waals surface area contributed by atoms with E-state index in [1.165, 1.54) is 116 Å². The number of carbonyl (C=O) groups is 2. The smallest absolute Gasteiger partial charge is 0.306 e. The average Bonchev–Trinajstić information content (AvgIpc) is 3.25. The van der Waals surface area contributed by atoms with Gasteiger partial charge in [-0.1, -0.05) is 215 Å². The van der Waals surface area contributed by atoms with Gasteiger partial charge in [-0.2, -0.15) is 0 Å². The number of esters is 2. The largest absolute Gasteiger partial charge is 0.462 e. The van der Waals surface area contributed by atoms with E-state index in [1.54, 1.807) is 0 Å². The third-order valence-corrected chi connectivity index (χ3v) is 10.4. The first-order chi connectivity index (χ1) is 29.6. The Morgan fingerprint density at radius 1 is 0.383 bits per heavy atom. The molecule has 344 valence electrons. The molecule has 0 aliphatic carbocycles. The second-order valence-corrected chi connectivity index (χ2v) is 16.3. The molecule has 0 amide bonds. The molecule has 0 heterocycles. The number of hydrogen-bond donors (Lipinski definition) is 0. The fourth-order valence-electron chi connectivity index (χ4n) is 6.71. The Morgan fingerprint density at radius 3 is 1.27 bits per heavy atom. The van der Waals surface area contributed by atoms with Crippen molar-refractivity contribution in [2.24, 2.45) is 0 Å². The van der Waals surface area contributed by atoms with Gasteiger partial charge in [-0.25, -0.2) is 0 Å². The minimum Gasteiger partial charge on any atom is -0.462 e. The van der Waals surface area contributed by atoms with E-state index >= 15 is 0 Å². The summed E-state index contributed by atoms with van der Waals surface area (Å²) in [5.41, 5.74) is 0. The van der Waals surface area contributed by atoms with E-state index in [0.29, 0.717) is 25.9 Å². The zero-order valence-electron chi connectivity index (χ0n) is 39.5. The Labute approximate surface area is 371 Å². The number of ether oxygens (including phenoxy) is 3. The summed E-state index contributed by atoms with van der Waals surface area (Å²) in [6.45, 7) is 7.59. The molecule has 0 fully saturated rings. The van der Waals surface area contributed by atoms with Crippen LogP contribution in [0.4, 0.5) is 0 Å². The number of rotatable bonds is 45. The van der Waals surface area contributed by atoms with E-state index in [1.807, 2.05) is 6.08 Å². The van der Waals surface area contributed by atoms with Crippen molar-refractivity contribution in [3.8, 4) is 0 Å². The monoisotopic (exact) mass is 835 g/mol. The van der Waals surface area contributed by atoms with Gasteiger partial charge < -0.3 is 14.2 Å². The molecule has 0 aromatic rings. The van der Waals surface area contributed by atoms with Crippen molar-refractivity contribution in [3.63, 3.8) is 0 Å². The quantitative estimate of drug-likeness (QED) is 0.0347. The standard InChI is InChI=1S/C55H94O5/c1-4-7-10-13-16-18-20-22-24-26-28-29-31-33-35-37-40-42-45-48-54(56)59-52-53(60-55(57)49-46-43-39-15-12-9-6-3)51-58-50-47-44-41-38-36-34-32-30-27-25-23-21-19-17-14-11-8-5-2/h7,10,16,18,22-25,28-29,33,35,40,42,53H,4-6,8-9,11-15,17,19-21,26-27,30-32,34,36-39,41,43-52H2,1-3H3/b10-7-,18-16-,24-22-,25-23-,29-28-,35-33-,42-40-. The number of carbonyl (C=O) groups excluding carboxylic acids is 2. The maximum Gasteiger partial charge on any atom is 0.306 e. The lowest BCUT2D eigenvalue weighted by Gasteiger charge is -2.18. The van der Waals surface area contributed by atoms with Crippen molar-refractivity contribution < 1.29 is 23.8 Å². The topological polar surface area (TPSA) is 61.8 Å². The van der Waals surface area contributed by atoms with Crippen LogP contribution < -0.4 is 0 Å². The van der Waals surface area contributed by atoms with Crippen LogP contribution >= 0.6 is 0 Å². The van der Waals surface area contributed by atoms with Crippen LogP contribution in [0.15, 0.2) is 85.1 Å². The molecule has 1 unspecified atom stereocenters. The summed E-state index contributed by atoms with van der Waals surface area (Å²) in [5.74, 6) is -0.502. The molecule has 0 rings (SSSR count). The summed E-state index contributed by atoms with van der Waals surface area (Å²) < 4.78 is 17.2. The van der Waals surface area contributed by atoms with Crippen molar-refractivity contribution in [1.29, 1.82) is 0 Å². The van der Waals surface area contributed by atoms with Crippen molar-refractivity contribution in [1.82, 2.24) is 0 Å². The highest BCUT2D eigenvalue weighted by atomic mass is 16.6. The summed E-state index contributed by atoms with van der Waals surface area (Å²) in [7, 11) is 0. The molecule has 0 aliphatic heterocycles. The van der Waals surface area contributed by atoms with Crippen molar-refractivity contribution in [2.75, 3.05) is 19.8 Å². The molecule has 0 N–H and O–H groups in total. The van der Waals surface area contributed by atoms with Crippen LogP contribution in [0.25, 0.3) is 0 Å². The van der Waals surface area contributed by atoms with Crippen LogP contribution in [0.3, 0.4) is 0 Å². The minimum absolute atomic E-state index is 0.0419. The highest BCUT2D eigenvalue weighted by Crippen LogP contribution is 2.13. The zero-order chi connectivity index (χ0) is 43.5. The van der Waals surface area contributed by atoms with E-state index < -0.39 is 6.10 Å². The van der Waals surface area contributed by atoms with Crippen LogP contribution in [-0.4, -0.2) is 37.9 Å². The molecule has 5 nitrogen and oxygen atoms in total. The van der Waals surface area contributed by atoms with Gasteiger partial charge in [-0.3, -0.25) is 9.59 Å². The second kappa shape index (κ2) is 50.4. The van der Waals surface area contributed by atoms with E-state index in [2.05, 4.69) is 99.8 Å². The van der Waals surface area contributed by atoms with Crippen molar-refractivity contribution in [2.45, 2.75) is 232 Å². The molecule has 5 heteroatoms. The Hall–Kier alpha value is -2.92. The van der Waals surface area contributed by atoms with Gasteiger partial charge in [0.25, 0.3) is 0 Å². The predicted octanol–water partition coefficient (Wildman–Crippen LogP) is 16.9. The normalized spacial score (nSPS) is 12.9.